The highest BCUT2D eigenvalue weighted by Gasteiger charge is 2.17. The van der Waals surface area contributed by atoms with Crippen LogP contribution in [0.1, 0.15) is 12.0 Å². The number of benzene rings is 1. The lowest BCUT2D eigenvalue weighted by Crippen LogP contribution is -2.37. The van der Waals surface area contributed by atoms with E-state index in [0.717, 1.165) is 23.5 Å². The Morgan fingerprint density at radius 3 is 2.53 bits per heavy atom. The summed E-state index contributed by atoms with van der Waals surface area (Å²) in [5.41, 5.74) is 1.11. The molecule has 1 rings (SSSR count). The van der Waals surface area contributed by atoms with E-state index in [1.54, 1.807) is 18.9 Å². The van der Waals surface area contributed by atoms with Gasteiger partial charge in [-0.25, -0.2) is 0 Å². The number of hydrogen-bond acceptors (Lipinski definition) is 5. The van der Waals surface area contributed by atoms with Gasteiger partial charge in [0.1, 0.15) is 11.8 Å². The molecule has 0 fully saturated rings. The number of esters is 1. The van der Waals surface area contributed by atoms with Gasteiger partial charge in [0.05, 0.1) is 14.2 Å². The Kier molecular flexibility index (Phi) is 7.36. The van der Waals surface area contributed by atoms with Crippen molar-refractivity contribution in [1.82, 2.24) is 5.32 Å². The van der Waals surface area contributed by atoms with Crippen molar-refractivity contribution < 1.29 is 14.3 Å². The molecule has 4 nitrogen and oxygen atoms in total. The van der Waals surface area contributed by atoms with Crippen LogP contribution in [0.25, 0.3) is 0 Å². The summed E-state index contributed by atoms with van der Waals surface area (Å²) in [5, 5.41) is 3.23. The van der Waals surface area contributed by atoms with Gasteiger partial charge in [-0.15, -0.1) is 0 Å². The molecule has 5 heteroatoms. The number of rotatable bonds is 8. The number of ether oxygens (including phenoxy) is 2. The van der Waals surface area contributed by atoms with E-state index in [-0.39, 0.29) is 12.0 Å². The minimum absolute atomic E-state index is 0.206. The van der Waals surface area contributed by atoms with Crippen molar-refractivity contribution in [3.63, 3.8) is 0 Å². The van der Waals surface area contributed by atoms with Crippen LogP contribution in [0, 0.1) is 0 Å². The van der Waals surface area contributed by atoms with Crippen LogP contribution in [-0.2, 0) is 16.1 Å². The van der Waals surface area contributed by atoms with Gasteiger partial charge in [-0.3, -0.25) is 4.79 Å². The van der Waals surface area contributed by atoms with Crippen molar-refractivity contribution in [1.29, 1.82) is 0 Å². The van der Waals surface area contributed by atoms with Crippen LogP contribution >= 0.6 is 11.8 Å². The first-order valence-electron chi connectivity index (χ1n) is 6.14. The molecule has 0 bridgehead atoms. The second-order valence-corrected chi connectivity index (χ2v) is 5.07. The van der Waals surface area contributed by atoms with Crippen LogP contribution in [0.5, 0.6) is 5.75 Å². The van der Waals surface area contributed by atoms with Crippen molar-refractivity contribution in [2.75, 3.05) is 26.2 Å². The van der Waals surface area contributed by atoms with Gasteiger partial charge in [0.25, 0.3) is 0 Å². The molecule has 0 aromatic heterocycles. The predicted octanol–water partition coefficient (Wildman–Crippen LogP) is 2.08. The van der Waals surface area contributed by atoms with Gasteiger partial charge in [-0.1, -0.05) is 12.1 Å². The number of nitrogens with one attached hydrogen (secondary N) is 1. The molecule has 0 aliphatic heterocycles. The van der Waals surface area contributed by atoms with Crippen molar-refractivity contribution in [3.05, 3.63) is 29.8 Å². The van der Waals surface area contributed by atoms with Gasteiger partial charge in [0.2, 0.25) is 0 Å². The average molecular weight is 283 g/mol. The zero-order valence-electron chi connectivity index (χ0n) is 11.6. The van der Waals surface area contributed by atoms with Crippen molar-refractivity contribution in [2.45, 2.75) is 19.0 Å². The maximum atomic E-state index is 11.6. The Morgan fingerprint density at radius 1 is 1.32 bits per heavy atom. The molecule has 0 unspecified atom stereocenters. The highest BCUT2D eigenvalue weighted by Crippen LogP contribution is 2.11. The van der Waals surface area contributed by atoms with Gasteiger partial charge >= 0.3 is 5.97 Å². The zero-order valence-corrected chi connectivity index (χ0v) is 12.5. The molecule has 1 atom stereocenters. The summed E-state index contributed by atoms with van der Waals surface area (Å²) < 4.78 is 9.91. The lowest BCUT2D eigenvalue weighted by molar-refractivity contribution is -0.143. The molecule has 0 amide bonds. The Balaban J connectivity index is 2.51. The lowest BCUT2D eigenvalue weighted by atomic mass is 10.2. The first-order chi connectivity index (χ1) is 9.21. The van der Waals surface area contributed by atoms with Crippen LogP contribution in [0.3, 0.4) is 0 Å². The van der Waals surface area contributed by atoms with Gasteiger partial charge in [0.15, 0.2) is 0 Å². The predicted molar refractivity (Wildman–Crippen MR) is 78.6 cm³/mol. The molecule has 0 saturated carbocycles. The molecule has 0 aliphatic carbocycles. The van der Waals surface area contributed by atoms with E-state index in [4.69, 9.17) is 9.47 Å². The third-order valence-corrected chi connectivity index (χ3v) is 3.45. The fourth-order valence-electron chi connectivity index (χ4n) is 1.67. The molecule has 106 valence electrons. The number of hydrogen-bond donors (Lipinski definition) is 1. The summed E-state index contributed by atoms with van der Waals surface area (Å²) in [6.45, 7) is 0.637. The fourth-order valence-corrected chi connectivity index (χ4v) is 2.14. The van der Waals surface area contributed by atoms with Gasteiger partial charge in [0, 0.05) is 6.54 Å². The van der Waals surface area contributed by atoms with Crippen LogP contribution in [0.4, 0.5) is 0 Å². The van der Waals surface area contributed by atoms with E-state index in [2.05, 4.69) is 5.32 Å². The lowest BCUT2D eigenvalue weighted by Gasteiger charge is -2.16. The Morgan fingerprint density at radius 2 is 2.00 bits per heavy atom. The first kappa shape index (κ1) is 15.9. The smallest absolute Gasteiger partial charge is 0.322 e. The molecule has 0 aliphatic rings. The molecular formula is C14H21NO3S. The summed E-state index contributed by atoms with van der Waals surface area (Å²) >= 11 is 1.72. The highest BCUT2D eigenvalue weighted by atomic mass is 32.2. The van der Waals surface area contributed by atoms with E-state index < -0.39 is 0 Å². The van der Waals surface area contributed by atoms with Crippen LogP contribution in [-0.4, -0.2) is 38.2 Å². The molecule has 19 heavy (non-hydrogen) atoms. The van der Waals surface area contributed by atoms with Gasteiger partial charge in [-0.05, 0) is 36.1 Å². The van der Waals surface area contributed by atoms with Crippen LogP contribution in [0.2, 0.25) is 0 Å². The quantitative estimate of drug-likeness (QED) is 0.740. The van der Waals surface area contributed by atoms with Crippen molar-refractivity contribution >= 4 is 17.7 Å². The number of thioether (sulfide) groups is 1. The van der Waals surface area contributed by atoms with Gasteiger partial charge in [-0.2, -0.15) is 11.8 Å². The molecule has 0 saturated heterocycles. The normalized spacial score (nSPS) is 11.9. The monoisotopic (exact) mass is 283 g/mol. The largest absolute Gasteiger partial charge is 0.497 e. The topological polar surface area (TPSA) is 47.6 Å². The molecular weight excluding hydrogens is 262 g/mol. The van der Waals surface area contributed by atoms with E-state index in [1.165, 1.54) is 7.11 Å². The van der Waals surface area contributed by atoms with Gasteiger partial charge < -0.3 is 14.8 Å². The van der Waals surface area contributed by atoms with E-state index in [9.17, 15) is 4.79 Å². The van der Waals surface area contributed by atoms with Crippen LogP contribution in [0.15, 0.2) is 24.3 Å². The summed E-state index contributed by atoms with van der Waals surface area (Å²) in [6.07, 6.45) is 2.79. The maximum Gasteiger partial charge on any atom is 0.322 e. The third-order valence-electron chi connectivity index (χ3n) is 2.81. The number of carbonyl (C=O) groups excluding carboxylic acids is 1. The van der Waals surface area contributed by atoms with E-state index >= 15 is 0 Å². The van der Waals surface area contributed by atoms with Crippen molar-refractivity contribution in [3.8, 4) is 5.75 Å². The number of carbonyl (C=O) groups is 1. The summed E-state index contributed by atoms with van der Waals surface area (Å²) in [5.74, 6) is 1.55. The second kappa shape index (κ2) is 8.82. The van der Waals surface area contributed by atoms with E-state index in [0.29, 0.717) is 6.54 Å². The molecule has 1 aromatic carbocycles. The average Bonchev–Trinajstić information content (AvgIpc) is 2.47. The summed E-state index contributed by atoms with van der Waals surface area (Å²) in [6, 6.07) is 7.53. The Hall–Kier alpha value is -1.20. The third kappa shape index (κ3) is 5.53. The first-order valence-corrected chi connectivity index (χ1v) is 7.53. The Labute approximate surface area is 118 Å². The Bertz CT molecular complexity index is 381. The molecule has 1 aromatic rings. The fraction of sp³-hybridized carbons (Fsp3) is 0.500. The molecule has 0 radical (unpaired) electrons. The van der Waals surface area contributed by atoms with E-state index in [1.807, 2.05) is 30.5 Å². The standard InChI is InChI=1S/C14H21NO3S/c1-17-12-6-4-11(5-7-12)10-15-13(8-9-19-3)14(16)18-2/h4-7,13,15H,8-10H2,1-3H3/t13-/m1/s1. The van der Waals surface area contributed by atoms with Crippen LogP contribution < -0.4 is 10.1 Å². The molecule has 0 heterocycles. The number of methoxy groups -OCH3 is 2. The SMILES string of the molecule is COC(=O)[C@@H](CCSC)NCc1ccc(OC)cc1. The highest BCUT2D eigenvalue weighted by molar-refractivity contribution is 7.98. The second-order valence-electron chi connectivity index (χ2n) is 4.09. The molecule has 0 spiro atoms. The molecule has 1 N–H and O–H groups in total. The summed E-state index contributed by atoms with van der Waals surface area (Å²) in [4.78, 5) is 11.6. The maximum absolute atomic E-state index is 11.6. The minimum atomic E-state index is -0.250. The summed E-state index contributed by atoms with van der Waals surface area (Å²) in [7, 11) is 3.06. The zero-order chi connectivity index (χ0) is 14.1. The minimum Gasteiger partial charge on any atom is -0.497 e. The van der Waals surface area contributed by atoms with Crippen molar-refractivity contribution in [2.24, 2.45) is 0 Å².